The first-order chi connectivity index (χ1) is 9.32. The predicted octanol–water partition coefficient (Wildman–Crippen LogP) is 4.10. The number of aromatic nitrogens is 1. The standard InChI is InChI=1S/C16H19NO2S/c1-15(2,3)14-17-13-10(5-4-6-11(13)20-14)16(7-8-16)9-12(18)19/h4-6H,7-9H2,1-3H3,(H,18,19). The van der Waals surface area contributed by atoms with Crippen molar-refractivity contribution in [3.63, 3.8) is 0 Å². The molecule has 2 aromatic rings. The second kappa shape index (κ2) is 4.29. The molecule has 1 aromatic heterocycles. The lowest BCUT2D eigenvalue weighted by Crippen LogP contribution is -2.14. The SMILES string of the molecule is CC(C)(C)c1nc2c(C3(CC(=O)O)CC3)cccc2s1. The largest absolute Gasteiger partial charge is 0.481 e. The third kappa shape index (κ3) is 2.22. The van der Waals surface area contributed by atoms with E-state index in [-0.39, 0.29) is 17.3 Å². The maximum Gasteiger partial charge on any atom is 0.304 e. The first-order valence-corrected chi connectivity index (χ1v) is 7.76. The molecule has 1 saturated carbocycles. The number of rotatable bonds is 3. The van der Waals surface area contributed by atoms with Crippen molar-refractivity contribution in [3.8, 4) is 0 Å². The Labute approximate surface area is 122 Å². The van der Waals surface area contributed by atoms with Gasteiger partial charge in [0.2, 0.25) is 0 Å². The van der Waals surface area contributed by atoms with Gasteiger partial charge in [-0.25, -0.2) is 4.98 Å². The summed E-state index contributed by atoms with van der Waals surface area (Å²) >= 11 is 1.72. The highest BCUT2D eigenvalue weighted by Gasteiger charge is 2.47. The molecule has 1 aromatic carbocycles. The topological polar surface area (TPSA) is 50.2 Å². The lowest BCUT2D eigenvalue weighted by atomic mass is 9.91. The zero-order valence-electron chi connectivity index (χ0n) is 12.1. The first-order valence-electron chi connectivity index (χ1n) is 6.94. The van der Waals surface area contributed by atoms with Crippen LogP contribution in [0.25, 0.3) is 10.2 Å². The Balaban J connectivity index is 2.13. The van der Waals surface area contributed by atoms with E-state index in [4.69, 9.17) is 10.1 Å². The normalized spacial score (nSPS) is 17.4. The molecule has 0 unspecified atom stereocenters. The van der Waals surface area contributed by atoms with E-state index in [1.807, 2.05) is 6.07 Å². The number of nitrogens with zero attached hydrogens (tertiary/aromatic N) is 1. The molecule has 0 saturated heterocycles. The summed E-state index contributed by atoms with van der Waals surface area (Å²) in [5.41, 5.74) is 2.00. The third-order valence-electron chi connectivity index (χ3n) is 3.98. The Morgan fingerprint density at radius 2 is 2.10 bits per heavy atom. The zero-order chi connectivity index (χ0) is 14.5. The van der Waals surface area contributed by atoms with Gasteiger partial charge in [0.1, 0.15) is 0 Å². The maximum absolute atomic E-state index is 11.1. The van der Waals surface area contributed by atoms with E-state index < -0.39 is 5.97 Å². The fourth-order valence-corrected chi connectivity index (χ4v) is 3.73. The van der Waals surface area contributed by atoms with Crippen LogP contribution in [0.5, 0.6) is 0 Å². The molecule has 4 heteroatoms. The summed E-state index contributed by atoms with van der Waals surface area (Å²) in [4.78, 5) is 15.9. The van der Waals surface area contributed by atoms with Crippen molar-refractivity contribution in [2.24, 2.45) is 0 Å². The number of carbonyl (C=O) groups is 1. The molecule has 3 rings (SSSR count). The molecule has 0 spiro atoms. The Kier molecular flexibility index (Phi) is 2.91. The fourth-order valence-electron chi connectivity index (χ4n) is 2.68. The predicted molar refractivity (Wildman–Crippen MR) is 81.5 cm³/mol. The van der Waals surface area contributed by atoms with Gasteiger partial charge in [0.05, 0.1) is 21.6 Å². The lowest BCUT2D eigenvalue weighted by molar-refractivity contribution is -0.137. The van der Waals surface area contributed by atoms with Gasteiger partial charge in [-0.1, -0.05) is 32.9 Å². The van der Waals surface area contributed by atoms with Crippen LogP contribution in [-0.2, 0) is 15.6 Å². The molecule has 1 aliphatic rings. The van der Waals surface area contributed by atoms with E-state index >= 15 is 0 Å². The van der Waals surface area contributed by atoms with Crippen LogP contribution >= 0.6 is 11.3 Å². The van der Waals surface area contributed by atoms with Crippen LogP contribution < -0.4 is 0 Å². The molecule has 106 valence electrons. The Bertz CT molecular complexity index is 677. The van der Waals surface area contributed by atoms with Crippen LogP contribution in [-0.4, -0.2) is 16.1 Å². The number of fused-ring (bicyclic) bond motifs is 1. The molecule has 1 fully saturated rings. The average molecular weight is 289 g/mol. The van der Waals surface area contributed by atoms with Crippen molar-refractivity contribution in [2.75, 3.05) is 0 Å². The van der Waals surface area contributed by atoms with Crippen molar-refractivity contribution < 1.29 is 9.90 Å². The van der Waals surface area contributed by atoms with E-state index in [0.717, 1.165) is 28.9 Å². The van der Waals surface area contributed by atoms with E-state index in [1.165, 1.54) is 4.70 Å². The van der Waals surface area contributed by atoms with Gasteiger partial charge in [0.25, 0.3) is 0 Å². The van der Waals surface area contributed by atoms with Crippen molar-refractivity contribution in [3.05, 3.63) is 28.8 Å². The second-order valence-electron chi connectivity index (χ2n) is 6.77. The number of benzene rings is 1. The van der Waals surface area contributed by atoms with Crippen LogP contribution in [0.2, 0.25) is 0 Å². The molecule has 0 bridgehead atoms. The first kappa shape index (κ1) is 13.6. The lowest BCUT2D eigenvalue weighted by Gasteiger charge is -2.14. The number of aliphatic carboxylic acids is 1. The van der Waals surface area contributed by atoms with Crippen LogP contribution in [0.3, 0.4) is 0 Å². The smallest absolute Gasteiger partial charge is 0.304 e. The highest BCUT2D eigenvalue weighted by molar-refractivity contribution is 7.18. The van der Waals surface area contributed by atoms with E-state index in [2.05, 4.69) is 32.9 Å². The Hall–Kier alpha value is -1.42. The van der Waals surface area contributed by atoms with Crippen molar-refractivity contribution in [1.29, 1.82) is 0 Å². The highest BCUT2D eigenvalue weighted by atomic mass is 32.1. The maximum atomic E-state index is 11.1. The van der Waals surface area contributed by atoms with E-state index in [0.29, 0.717) is 0 Å². The zero-order valence-corrected chi connectivity index (χ0v) is 12.9. The number of thiazole rings is 1. The third-order valence-corrected chi connectivity index (χ3v) is 5.42. The fraction of sp³-hybridized carbons (Fsp3) is 0.500. The van der Waals surface area contributed by atoms with Gasteiger partial charge in [-0.05, 0) is 24.5 Å². The molecular weight excluding hydrogens is 270 g/mol. The van der Waals surface area contributed by atoms with E-state index in [1.54, 1.807) is 11.3 Å². The number of para-hydroxylation sites is 1. The Morgan fingerprint density at radius 1 is 1.40 bits per heavy atom. The van der Waals surface area contributed by atoms with Gasteiger partial charge in [-0.15, -0.1) is 11.3 Å². The minimum atomic E-state index is -0.717. The molecule has 0 aliphatic heterocycles. The van der Waals surface area contributed by atoms with Crippen molar-refractivity contribution in [1.82, 2.24) is 4.98 Å². The van der Waals surface area contributed by atoms with Crippen LogP contribution in [0.15, 0.2) is 18.2 Å². The monoisotopic (exact) mass is 289 g/mol. The molecule has 3 nitrogen and oxygen atoms in total. The molecule has 0 amide bonds. The number of carboxylic acid groups (broad SMARTS) is 1. The molecule has 1 N–H and O–H groups in total. The quantitative estimate of drug-likeness (QED) is 0.925. The summed E-state index contributed by atoms with van der Waals surface area (Å²) in [6, 6.07) is 6.18. The highest BCUT2D eigenvalue weighted by Crippen LogP contribution is 2.53. The van der Waals surface area contributed by atoms with Crippen LogP contribution in [0.1, 0.15) is 50.6 Å². The molecule has 0 atom stereocenters. The van der Waals surface area contributed by atoms with Gasteiger partial charge in [-0.2, -0.15) is 0 Å². The molecule has 20 heavy (non-hydrogen) atoms. The van der Waals surface area contributed by atoms with Gasteiger partial charge < -0.3 is 5.11 Å². The molecule has 0 radical (unpaired) electrons. The summed E-state index contributed by atoms with van der Waals surface area (Å²) in [6.45, 7) is 6.48. The molecular formula is C16H19NO2S. The van der Waals surface area contributed by atoms with E-state index in [9.17, 15) is 4.79 Å². The summed E-state index contributed by atoms with van der Waals surface area (Å²) < 4.78 is 1.17. The minimum absolute atomic E-state index is 0.0322. The minimum Gasteiger partial charge on any atom is -0.481 e. The second-order valence-corrected chi connectivity index (χ2v) is 7.80. The number of carboxylic acids is 1. The van der Waals surface area contributed by atoms with Gasteiger partial charge in [0.15, 0.2) is 0 Å². The Morgan fingerprint density at radius 3 is 2.65 bits per heavy atom. The molecule has 1 aliphatic carbocycles. The summed E-state index contributed by atoms with van der Waals surface area (Å²) in [5.74, 6) is -0.717. The van der Waals surface area contributed by atoms with Crippen molar-refractivity contribution >= 4 is 27.5 Å². The summed E-state index contributed by atoms with van der Waals surface area (Å²) in [5, 5.41) is 10.3. The van der Waals surface area contributed by atoms with Gasteiger partial charge >= 0.3 is 5.97 Å². The molecule has 1 heterocycles. The number of hydrogen-bond donors (Lipinski definition) is 1. The van der Waals surface area contributed by atoms with Gasteiger partial charge in [0, 0.05) is 10.8 Å². The summed E-state index contributed by atoms with van der Waals surface area (Å²) in [7, 11) is 0. The van der Waals surface area contributed by atoms with Crippen molar-refractivity contribution in [2.45, 2.75) is 50.9 Å². The van der Waals surface area contributed by atoms with Crippen LogP contribution in [0, 0.1) is 0 Å². The van der Waals surface area contributed by atoms with Gasteiger partial charge in [-0.3, -0.25) is 4.79 Å². The average Bonchev–Trinajstić information content (AvgIpc) is 2.95. The number of hydrogen-bond acceptors (Lipinski definition) is 3. The van der Waals surface area contributed by atoms with Crippen LogP contribution in [0.4, 0.5) is 0 Å². The summed E-state index contributed by atoms with van der Waals surface area (Å²) in [6.07, 6.45) is 2.13.